The van der Waals surface area contributed by atoms with E-state index in [2.05, 4.69) is 124 Å². The van der Waals surface area contributed by atoms with Gasteiger partial charge in [-0.15, -0.1) is 0 Å². The highest BCUT2D eigenvalue weighted by atomic mass is 16.3. The molecule has 196 valence electrons. The predicted molar refractivity (Wildman–Crippen MR) is 169 cm³/mol. The third-order valence-corrected chi connectivity index (χ3v) is 7.09. The smallest absolute Gasteiger partial charge is 0.227 e. The maximum atomic E-state index is 5.99. The Morgan fingerprint density at radius 3 is 1.56 bits per heavy atom. The van der Waals surface area contributed by atoms with E-state index in [0.29, 0.717) is 5.89 Å². The fraction of sp³-hybridized carbons (Fsp3) is 0. The summed E-state index contributed by atoms with van der Waals surface area (Å²) < 4.78 is 5.99. The second kappa shape index (κ2) is 10.9. The van der Waals surface area contributed by atoms with Crippen molar-refractivity contribution in [3.05, 3.63) is 158 Å². The number of para-hydroxylation sites is 4. The number of fused-ring (bicyclic) bond motifs is 1. The summed E-state index contributed by atoms with van der Waals surface area (Å²) in [6.45, 7) is 0. The molecule has 0 aliphatic rings. The molecule has 0 saturated carbocycles. The number of aromatic nitrogens is 1. The molecule has 1 heterocycles. The topological polar surface area (TPSA) is 41.3 Å². The fourth-order valence-corrected chi connectivity index (χ4v) is 5.01. The molecule has 0 radical (unpaired) electrons. The molecule has 1 N–H and O–H groups in total. The van der Waals surface area contributed by atoms with Gasteiger partial charge in [-0.1, -0.05) is 72.8 Å². The Hall–Kier alpha value is -5.61. The average Bonchev–Trinajstić information content (AvgIpc) is 3.48. The van der Waals surface area contributed by atoms with Crippen LogP contribution in [0.1, 0.15) is 0 Å². The monoisotopic (exact) mass is 529 g/mol. The maximum absolute atomic E-state index is 5.99. The summed E-state index contributed by atoms with van der Waals surface area (Å²) in [4.78, 5) is 6.91. The van der Waals surface area contributed by atoms with E-state index in [-0.39, 0.29) is 0 Å². The first-order valence-electron chi connectivity index (χ1n) is 13.6. The Labute approximate surface area is 239 Å². The SMILES string of the molecule is c1ccc(Nc2ccc(-c3ccc(N(c4ccccc4)c4ccc(-c5nc6ccccc6o5)cc4)cc3)cc2)cc1. The number of nitrogens with zero attached hydrogens (tertiary/aromatic N) is 2. The van der Waals surface area contributed by atoms with Gasteiger partial charge >= 0.3 is 0 Å². The minimum absolute atomic E-state index is 0.623. The van der Waals surface area contributed by atoms with Crippen LogP contribution in [0.15, 0.2) is 162 Å². The second-order valence-electron chi connectivity index (χ2n) is 9.82. The molecule has 0 aliphatic heterocycles. The number of rotatable bonds is 7. The highest BCUT2D eigenvalue weighted by Gasteiger charge is 2.14. The van der Waals surface area contributed by atoms with E-state index in [4.69, 9.17) is 4.42 Å². The van der Waals surface area contributed by atoms with Crippen LogP contribution in [0.5, 0.6) is 0 Å². The predicted octanol–water partition coefficient (Wildman–Crippen LogP) is 10.4. The summed E-state index contributed by atoms with van der Waals surface area (Å²) in [6, 6.07) is 54.1. The molecular formula is C37H27N3O. The molecule has 4 nitrogen and oxygen atoms in total. The minimum Gasteiger partial charge on any atom is -0.436 e. The van der Waals surface area contributed by atoms with Crippen LogP contribution in [-0.2, 0) is 0 Å². The van der Waals surface area contributed by atoms with Crippen molar-refractivity contribution in [3.63, 3.8) is 0 Å². The molecule has 0 saturated heterocycles. The van der Waals surface area contributed by atoms with Crippen LogP contribution in [0.3, 0.4) is 0 Å². The molecule has 1 aromatic heterocycles. The summed E-state index contributed by atoms with van der Waals surface area (Å²) >= 11 is 0. The van der Waals surface area contributed by atoms with Crippen LogP contribution < -0.4 is 10.2 Å². The summed E-state index contributed by atoms with van der Waals surface area (Å²) in [5.41, 5.74) is 10.3. The van der Waals surface area contributed by atoms with Gasteiger partial charge in [0.2, 0.25) is 5.89 Å². The zero-order valence-electron chi connectivity index (χ0n) is 22.3. The third-order valence-electron chi connectivity index (χ3n) is 7.09. The van der Waals surface area contributed by atoms with Crippen LogP contribution in [-0.4, -0.2) is 4.98 Å². The van der Waals surface area contributed by atoms with Crippen molar-refractivity contribution in [1.29, 1.82) is 0 Å². The number of nitrogens with one attached hydrogen (secondary N) is 1. The highest BCUT2D eigenvalue weighted by molar-refractivity contribution is 5.80. The van der Waals surface area contributed by atoms with Gasteiger partial charge in [-0.05, 0) is 96.1 Å². The maximum Gasteiger partial charge on any atom is 0.227 e. The average molecular weight is 530 g/mol. The number of oxazole rings is 1. The van der Waals surface area contributed by atoms with Gasteiger partial charge in [-0.25, -0.2) is 4.98 Å². The van der Waals surface area contributed by atoms with Crippen LogP contribution in [0.4, 0.5) is 28.4 Å². The lowest BCUT2D eigenvalue weighted by Gasteiger charge is -2.25. The molecule has 41 heavy (non-hydrogen) atoms. The van der Waals surface area contributed by atoms with E-state index in [0.717, 1.165) is 45.1 Å². The molecule has 0 atom stereocenters. The van der Waals surface area contributed by atoms with Gasteiger partial charge in [0.05, 0.1) is 0 Å². The van der Waals surface area contributed by atoms with E-state index in [1.807, 2.05) is 48.5 Å². The van der Waals surface area contributed by atoms with Gasteiger partial charge in [0.25, 0.3) is 0 Å². The van der Waals surface area contributed by atoms with Gasteiger partial charge in [-0.2, -0.15) is 0 Å². The zero-order chi connectivity index (χ0) is 27.4. The van der Waals surface area contributed by atoms with Gasteiger partial charge in [0.15, 0.2) is 5.58 Å². The van der Waals surface area contributed by atoms with Gasteiger partial charge in [0, 0.05) is 34.0 Å². The summed E-state index contributed by atoms with van der Waals surface area (Å²) in [7, 11) is 0. The van der Waals surface area contributed by atoms with Crippen molar-refractivity contribution >= 4 is 39.5 Å². The first-order valence-corrected chi connectivity index (χ1v) is 13.6. The number of hydrogen-bond donors (Lipinski definition) is 1. The third kappa shape index (κ3) is 5.19. The first-order chi connectivity index (χ1) is 20.3. The van der Waals surface area contributed by atoms with E-state index in [1.165, 1.54) is 11.1 Å². The Morgan fingerprint density at radius 2 is 0.927 bits per heavy atom. The molecule has 0 bridgehead atoms. The number of hydrogen-bond acceptors (Lipinski definition) is 4. The van der Waals surface area contributed by atoms with Crippen molar-refractivity contribution in [2.24, 2.45) is 0 Å². The standard InChI is InChI=1S/C37H27N3O/c1-3-9-30(10-4-1)38-31-21-15-27(16-22-31)28-17-23-33(24-18-28)40(32-11-5-2-6-12-32)34-25-19-29(20-26-34)37-39-35-13-7-8-14-36(35)41-37/h1-26,38H. The summed E-state index contributed by atoms with van der Waals surface area (Å²) in [5, 5.41) is 3.45. The van der Waals surface area contributed by atoms with E-state index < -0.39 is 0 Å². The summed E-state index contributed by atoms with van der Waals surface area (Å²) in [5.74, 6) is 0.623. The molecule has 0 aliphatic carbocycles. The highest BCUT2D eigenvalue weighted by Crippen LogP contribution is 2.37. The normalized spacial score (nSPS) is 10.9. The van der Waals surface area contributed by atoms with Crippen LogP contribution in [0.2, 0.25) is 0 Å². The minimum atomic E-state index is 0.623. The van der Waals surface area contributed by atoms with E-state index >= 15 is 0 Å². The largest absolute Gasteiger partial charge is 0.436 e. The molecule has 7 rings (SSSR count). The van der Waals surface area contributed by atoms with Crippen LogP contribution in [0.25, 0.3) is 33.7 Å². The molecule has 0 fully saturated rings. The second-order valence-corrected chi connectivity index (χ2v) is 9.82. The fourth-order valence-electron chi connectivity index (χ4n) is 5.01. The zero-order valence-corrected chi connectivity index (χ0v) is 22.3. The number of anilines is 5. The molecule has 0 spiro atoms. The lowest BCUT2D eigenvalue weighted by Crippen LogP contribution is -2.09. The van der Waals surface area contributed by atoms with E-state index in [9.17, 15) is 0 Å². The van der Waals surface area contributed by atoms with Crippen molar-refractivity contribution in [3.8, 4) is 22.6 Å². The van der Waals surface area contributed by atoms with Crippen molar-refractivity contribution in [2.45, 2.75) is 0 Å². The van der Waals surface area contributed by atoms with Crippen LogP contribution >= 0.6 is 0 Å². The van der Waals surface area contributed by atoms with Gasteiger partial charge in [-0.3, -0.25) is 0 Å². The Morgan fingerprint density at radius 1 is 0.439 bits per heavy atom. The number of benzene rings is 6. The van der Waals surface area contributed by atoms with Gasteiger partial charge < -0.3 is 14.6 Å². The molecule has 0 amide bonds. The van der Waals surface area contributed by atoms with Crippen molar-refractivity contribution in [2.75, 3.05) is 10.2 Å². The first kappa shape index (κ1) is 24.4. The van der Waals surface area contributed by atoms with Crippen LogP contribution in [0, 0.1) is 0 Å². The van der Waals surface area contributed by atoms with E-state index in [1.54, 1.807) is 0 Å². The van der Waals surface area contributed by atoms with Crippen molar-refractivity contribution < 1.29 is 4.42 Å². The lowest BCUT2D eigenvalue weighted by atomic mass is 10.0. The molecule has 0 unspecified atom stereocenters. The molecule has 6 aromatic carbocycles. The Bertz CT molecular complexity index is 1840. The molecule has 4 heteroatoms. The summed E-state index contributed by atoms with van der Waals surface area (Å²) in [6.07, 6.45) is 0. The van der Waals surface area contributed by atoms with Gasteiger partial charge in [0.1, 0.15) is 5.52 Å². The Kier molecular flexibility index (Phi) is 6.48. The quantitative estimate of drug-likeness (QED) is 0.223. The lowest BCUT2D eigenvalue weighted by molar-refractivity contribution is 0.620. The molecule has 7 aromatic rings. The molecular weight excluding hydrogens is 502 g/mol. The Balaban J connectivity index is 1.16. The van der Waals surface area contributed by atoms with Crippen molar-refractivity contribution in [1.82, 2.24) is 4.98 Å².